The van der Waals surface area contributed by atoms with Gasteiger partial charge in [0.25, 0.3) is 0 Å². The number of hydrogen-bond donors (Lipinski definition) is 2. The van der Waals surface area contributed by atoms with Gasteiger partial charge in [-0.3, -0.25) is 9.48 Å². The molecule has 0 aliphatic heterocycles. The number of benzene rings is 1. The van der Waals surface area contributed by atoms with Crippen molar-refractivity contribution in [1.29, 1.82) is 0 Å². The Bertz CT molecular complexity index is 710. The van der Waals surface area contributed by atoms with Crippen LogP contribution in [0.3, 0.4) is 0 Å². The molecule has 24 heavy (non-hydrogen) atoms. The molecular weight excluding hydrogens is 326 g/mol. The lowest BCUT2D eigenvalue weighted by atomic mass is 9.87. The van der Waals surface area contributed by atoms with E-state index in [4.69, 9.17) is 11.6 Å². The fourth-order valence-corrected chi connectivity index (χ4v) is 2.91. The van der Waals surface area contributed by atoms with Crippen molar-refractivity contribution >= 4 is 17.5 Å². The third kappa shape index (κ3) is 4.36. The summed E-state index contributed by atoms with van der Waals surface area (Å²) in [4.78, 5) is 12.7. The highest BCUT2D eigenvalue weighted by Crippen LogP contribution is 2.27. The predicted octanol–water partition coefficient (Wildman–Crippen LogP) is 2.84. The number of hydrogen-bond acceptors (Lipinski definition) is 3. The van der Waals surface area contributed by atoms with Crippen LogP contribution in [0.1, 0.15) is 37.8 Å². The Labute approximate surface area is 147 Å². The van der Waals surface area contributed by atoms with Crippen LogP contribution in [0.15, 0.2) is 36.7 Å². The fraction of sp³-hybridized carbons (Fsp3) is 0.444. The number of carbonyl (C=O) groups excluding carboxylic acids is 1. The van der Waals surface area contributed by atoms with E-state index < -0.39 is 5.60 Å². The third-order valence-electron chi connectivity index (χ3n) is 4.09. The van der Waals surface area contributed by atoms with E-state index in [0.717, 1.165) is 5.56 Å². The van der Waals surface area contributed by atoms with Crippen molar-refractivity contribution in [2.45, 2.75) is 32.3 Å². The van der Waals surface area contributed by atoms with Gasteiger partial charge in [-0.25, -0.2) is 0 Å². The van der Waals surface area contributed by atoms with Crippen LogP contribution in [-0.2, 0) is 17.4 Å². The number of halogens is 1. The van der Waals surface area contributed by atoms with E-state index in [-0.39, 0.29) is 24.3 Å². The second kappa shape index (κ2) is 7.36. The maximum absolute atomic E-state index is 12.7. The first-order valence-electron chi connectivity index (χ1n) is 7.95. The largest absolute Gasteiger partial charge is 0.383 e. The van der Waals surface area contributed by atoms with E-state index in [1.165, 1.54) is 0 Å². The number of aryl methyl sites for hydroxylation is 1. The highest BCUT2D eigenvalue weighted by atomic mass is 35.5. The normalized spacial score (nSPS) is 15.1. The fourth-order valence-electron chi connectivity index (χ4n) is 2.71. The lowest BCUT2D eigenvalue weighted by Gasteiger charge is -2.26. The quantitative estimate of drug-likeness (QED) is 0.842. The third-order valence-corrected chi connectivity index (χ3v) is 4.33. The van der Waals surface area contributed by atoms with E-state index in [1.807, 2.05) is 32.0 Å². The van der Waals surface area contributed by atoms with Gasteiger partial charge in [0, 0.05) is 23.8 Å². The molecule has 1 aromatic carbocycles. The van der Waals surface area contributed by atoms with E-state index in [0.29, 0.717) is 10.6 Å². The standard InChI is InChI=1S/C18H24ClN3O2/c1-12(2)16(13-6-5-7-15(19)8-13)17(23)20-11-18(3,24)14-9-21-22(4)10-14/h5-10,12,16,24H,11H2,1-4H3,(H,20,23)/t16-,18+/m0/s1. The molecule has 5 nitrogen and oxygen atoms in total. The number of nitrogens with one attached hydrogen (secondary N) is 1. The zero-order chi connectivity index (χ0) is 17.9. The minimum atomic E-state index is -1.18. The Morgan fingerprint density at radius 2 is 2.17 bits per heavy atom. The zero-order valence-corrected chi connectivity index (χ0v) is 15.2. The average molecular weight is 350 g/mol. The molecule has 2 N–H and O–H groups in total. The molecular formula is C18H24ClN3O2. The van der Waals surface area contributed by atoms with Crippen LogP contribution in [0.25, 0.3) is 0 Å². The molecule has 2 rings (SSSR count). The molecule has 2 aromatic rings. The van der Waals surface area contributed by atoms with E-state index >= 15 is 0 Å². The van der Waals surface area contributed by atoms with E-state index in [1.54, 1.807) is 37.1 Å². The van der Waals surface area contributed by atoms with Gasteiger partial charge in [0.15, 0.2) is 0 Å². The molecule has 1 amide bonds. The first-order chi connectivity index (χ1) is 11.2. The second-order valence-corrected chi connectivity index (χ2v) is 7.11. The van der Waals surface area contributed by atoms with E-state index in [9.17, 15) is 9.90 Å². The summed E-state index contributed by atoms with van der Waals surface area (Å²) in [5.74, 6) is -0.350. The van der Waals surface area contributed by atoms with Gasteiger partial charge in [0.05, 0.1) is 18.7 Å². The Morgan fingerprint density at radius 1 is 1.46 bits per heavy atom. The van der Waals surface area contributed by atoms with Gasteiger partial charge >= 0.3 is 0 Å². The van der Waals surface area contributed by atoms with Gasteiger partial charge in [-0.1, -0.05) is 37.6 Å². The Hall–Kier alpha value is -1.85. The highest BCUT2D eigenvalue weighted by molar-refractivity contribution is 6.30. The molecule has 6 heteroatoms. The van der Waals surface area contributed by atoms with Crippen LogP contribution in [-0.4, -0.2) is 27.3 Å². The molecule has 1 aromatic heterocycles. The number of aromatic nitrogens is 2. The second-order valence-electron chi connectivity index (χ2n) is 6.67. The maximum Gasteiger partial charge on any atom is 0.227 e. The summed E-state index contributed by atoms with van der Waals surface area (Å²) in [5, 5.41) is 18.1. The number of aliphatic hydroxyl groups is 1. The number of amides is 1. The summed E-state index contributed by atoms with van der Waals surface area (Å²) < 4.78 is 1.62. The minimum absolute atomic E-state index is 0.104. The Morgan fingerprint density at radius 3 is 2.71 bits per heavy atom. The van der Waals surface area contributed by atoms with E-state index in [2.05, 4.69) is 10.4 Å². The number of nitrogens with zero attached hydrogens (tertiary/aromatic N) is 2. The van der Waals surface area contributed by atoms with Gasteiger partial charge in [0.2, 0.25) is 5.91 Å². The summed E-state index contributed by atoms with van der Waals surface area (Å²) in [6, 6.07) is 7.33. The molecule has 0 radical (unpaired) electrons. The van der Waals surface area contributed by atoms with Crippen molar-refractivity contribution in [3.63, 3.8) is 0 Å². The topological polar surface area (TPSA) is 67.2 Å². The van der Waals surface area contributed by atoms with Crippen LogP contribution >= 0.6 is 11.6 Å². The van der Waals surface area contributed by atoms with Crippen LogP contribution in [0, 0.1) is 5.92 Å². The van der Waals surface area contributed by atoms with Crippen molar-refractivity contribution < 1.29 is 9.90 Å². The molecule has 0 unspecified atom stereocenters. The molecule has 0 spiro atoms. The van der Waals surface area contributed by atoms with Crippen molar-refractivity contribution in [2.24, 2.45) is 13.0 Å². The highest BCUT2D eigenvalue weighted by Gasteiger charge is 2.29. The van der Waals surface area contributed by atoms with Gasteiger partial charge in [-0.2, -0.15) is 5.10 Å². The van der Waals surface area contributed by atoms with Crippen LogP contribution in [0.4, 0.5) is 0 Å². The smallest absolute Gasteiger partial charge is 0.227 e. The maximum atomic E-state index is 12.7. The Balaban J connectivity index is 2.11. The predicted molar refractivity (Wildman–Crippen MR) is 94.8 cm³/mol. The van der Waals surface area contributed by atoms with Crippen molar-refractivity contribution in [2.75, 3.05) is 6.54 Å². The van der Waals surface area contributed by atoms with Gasteiger partial charge in [-0.15, -0.1) is 0 Å². The molecule has 0 fully saturated rings. The lowest BCUT2D eigenvalue weighted by Crippen LogP contribution is -2.41. The van der Waals surface area contributed by atoms with Crippen LogP contribution in [0.2, 0.25) is 5.02 Å². The van der Waals surface area contributed by atoms with Gasteiger partial charge in [0.1, 0.15) is 5.60 Å². The molecule has 0 aliphatic rings. The lowest BCUT2D eigenvalue weighted by molar-refractivity contribution is -0.124. The average Bonchev–Trinajstić information content (AvgIpc) is 2.93. The zero-order valence-electron chi connectivity index (χ0n) is 14.5. The summed E-state index contributed by atoms with van der Waals surface area (Å²) in [5.41, 5.74) is 0.352. The monoisotopic (exact) mass is 349 g/mol. The molecule has 130 valence electrons. The summed E-state index contributed by atoms with van der Waals surface area (Å²) >= 11 is 6.05. The number of carbonyl (C=O) groups is 1. The van der Waals surface area contributed by atoms with Crippen molar-refractivity contribution in [3.8, 4) is 0 Å². The number of rotatable bonds is 6. The molecule has 0 bridgehead atoms. The molecule has 1 heterocycles. The van der Waals surface area contributed by atoms with Crippen molar-refractivity contribution in [1.82, 2.24) is 15.1 Å². The summed E-state index contributed by atoms with van der Waals surface area (Å²) in [6.07, 6.45) is 3.34. The van der Waals surface area contributed by atoms with Gasteiger partial charge < -0.3 is 10.4 Å². The van der Waals surface area contributed by atoms with Gasteiger partial charge in [-0.05, 0) is 30.5 Å². The van der Waals surface area contributed by atoms with Crippen LogP contribution in [0.5, 0.6) is 0 Å². The minimum Gasteiger partial charge on any atom is -0.383 e. The molecule has 0 saturated carbocycles. The SMILES string of the molecule is CC(C)[C@H](C(=O)NC[C@@](C)(O)c1cnn(C)c1)c1cccc(Cl)c1. The van der Waals surface area contributed by atoms with Crippen LogP contribution < -0.4 is 5.32 Å². The molecule has 0 saturated heterocycles. The molecule has 2 atom stereocenters. The first kappa shape index (κ1) is 18.5. The Kier molecular flexibility index (Phi) is 5.67. The molecule has 0 aliphatic carbocycles. The first-order valence-corrected chi connectivity index (χ1v) is 8.33. The summed E-state index contributed by atoms with van der Waals surface area (Å²) in [7, 11) is 1.78. The van der Waals surface area contributed by atoms with Crippen molar-refractivity contribution in [3.05, 3.63) is 52.8 Å². The summed E-state index contributed by atoms with van der Waals surface area (Å²) in [6.45, 7) is 5.75.